The van der Waals surface area contributed by atoms with Crippen LogP contribution >= 0.6 is 0 Å². The van der Waals surface area contributed by atoms with Crippen molar-refractivity contribution in [2.75, 3.05) is 12.8 Å². The van der Waals surface area contributed by atoms with Crippen LogP contribution in [-0.4, -0.2) is 12.1 Å². The highest BCUT2D eigenvalue weighted by atomic mass is 19.2. The number of halogens is 5. The van der Waals surface area contributed by atoms with Gasteiger partial charge in [0.05, 0.1) is 23.6 Å². The van der Waals surface area contributed by atoms with E-state index in [9.17, 15) is 22.0 Å². The molecule has 18 heavy (non-hydrogen) atoms. The summed E-state index contributed by atoms with van der Waals surface area (Å²) in [6.45, 7) is 0. The predicted octanol–water partition coefficient (Wildman–Crippen LogP) is 2.52. The van der Waals surface area contributed by atoms with Crippen LogP contribution in [0.2, 0.25) is 0 Å². The van der Waals surface area contributed by atoms with Gasteiger partial charge in [0.2, 0.25) is 5.95 Å². The van der Waals surface area contributed by atoms with Crippen LogP contribution in [0.15, 0.2) is 0 Å². The van der Waals surface area contributed by atoms with Crippen LogP contribution < -0.4 is 10.5 Å². The quantitative estimate of drug-likeness (QED) is 0.489. The van der Waals surface area contributed by atoms with Crippen molar-refractivity contribution in [3.05, 3.63) is 29.3 Å². The van der Waals surface area contributed by atoms with E-state index >= 15 is 0 Å². The number of nitrogens with two attached hydrogens (primary N) is 1. The van der Waals surface area contributed by atoms with Gasteiger partial charge in [-0.25, -0.2) is 13.2 Å². The van der Waals surface area contributed by atoms with Crippen molar-refractivity contribution in [2.45, 2.75) is 0 Å². The van der Waals surface area contributed by atoms with E-state index in [0.29, 0.717) is 0 Å². The number of nitrogen functional groups attached to an aromatic ring is 1. The topological polar surface area (TPSA) is 48.1 Å². The van der Waals surface area contributed by atoms with E-state index in [1.54, 1.807) is 0 Å². The lowest BCUT2D eigenvalue weighted by molar-refractivity contribution is 0.361. The van der Waals surface area contributed by atoms with E-state index in [0.717, 1.165) is 7.11 Å². The summed E-state index contributed by atoms with van der Waals surface area (Å²) in [7, 11) is 0.901. The molecule has 0 saturated heterocycles. The molecule has 0 atom stereocenters. The molecular weight excluding hydrogens is 259 g/mol. The van der Waals surface area contributed by atoms with E-state index < -0.39 is 51.6 Å². The molecule has 0 aliphatic heterocycles. The number of benzene rings is 1. The van der Waals surface area contributed by atoms with E-state index in [1.807, 2.05) is 0 Å². The smallest absolute Gasteiger partial charge is 0.252 e. The first-order valence-electron chi connectivity index (χ1n) is 4.54. The van der Waals surface area contributed by atoms with Gasteiger partial charge in [0.1, 0.15) is 0 Å². The molecule has 8 heteroatoms. The van der Waals surface area contributed by atoms with Crippen molar-refractivity contribution in [2.24, 2.45) is 0 Å². The Bertz CT molecular complexity index is 659. The minimum atomic E-state index is -1.85. The second-order valence-electron chi connectivity index (χ2n) is 3.33. The number of hydrogen-bond acceptors (Lipinski definition) is 3. The highest BCUT2D eigenvalue weighted by Gasteiger charge is 2.26. The molecule has 0 radical (unpaired) electrons. The molecule has 0 amide bonds. The third kappa shape index (κ3) is 1.45. The molecule has 0 spiro atoms. The fourth-order valence-corrected chi connectivity index (χ4v) is 1.58. The molecule has 1 aromatic heterocycles. The molecule has 1 heterocycles. The Morgan fingerprint density at radius 3 is 2.06 bits per heavy atom. The average Bonchev–Trinajstić information content (AvgIpc) is 2.31. The van der Waals surface area contributed by atoms with Crippen LogP contribution in [0, 0.1) is 29.3 Å². The van der Waals surface area contributed by atoms with Gasteiger partial charge in [-0.3, -0.25) is 0 Å². The fourth-order valence-electron chi connectivity index (χ4n) is 1.58. The van der Waals surface area contributed by atoms with Crippen LogP contribution in [0.5, 0.6) is 5.75 Å². The van der Waals surface area contributed by atoms with Crippen LogP contribution in [0.25, 0.3) is 10.8 Å². The van der Waals surface area contributed by atoms with Gasteiger partial charge in [0, 0.05) is 0 Å². The number of fused-ring (bicyclic) bond motifs is 1. The Hall–Kier alpha value is -2.12. The molecule has 2 rings (SSSR count). The maximum absolute atomic E-state index is 13.7. The summed E-state index contributed by atoms with van der Waals surface area (Å²) in [5.74, 6) is -9.25. The van der Waals surface area contributed by atoms with Gasteiger partial charge >= 0.3 is 0 Å². The lowest BCUT2D eigenvalue weighted by Gasteiger charge is -2.11. The Morgan fingerprint density at radius 2 is 1.50 bits per heavy atom. The summed E-state index contributed by atoms with van der Waals surface area (Å²) in [4.78, 5) is 2.54. The second-order valence-corrected chi connectivity index (χ2v) is 3.33. The number of aromatic nitrogens is 1. The third-order valence-electron chi connectivity index (χ3n) is 2.38. The Morgan fingerprint density at radius 1 is 0.889 bits per heavy atom. The molecule has 0 bridgehead atoms. The first-order valence-corrected chi connectivity index (χ1v) is 4.54. The van der Waals surface area contributed by atoms with Crippen molar-refractivity contribution >= 4 is 16.5 Å². The van der Waals surface area contributed by atoms with E-state index in [4.69, 9.17) is 5.73 Å². The van der Waals surface area contributed by atoms with Crippen molar-refractivity contribution in [3.63, 3.8) is 0 Å². The summed E-state index contributed by atoms with van der Waals surface area (Å²) >= 11 is 0. The van der Waals surface area contributed by atoms with Crippen LogP contribution in [0.1, 0.15) is 0 Å². The molecule has 0 aliphatic rings. The van der Waals surface area contributed by atoms with Gasteiger partial charge in [-0.15, -0.1) is 0 Å². The fraction of sp³-hybridized carbons (Fsp3) is 0.100. The standard InChI is InChI=1S/C10H5F5N2O/c1-18-8-4(11)2-3(7(16)6(8)13)9(14)17-10(15)5(2)12/h16H2,1H3. The molecule has 2 N–H and O–H groups in total. The van der Waals surface area contributed by atoms with E-state index in [-0.39, 0.29) is 0 Å². The number of nitrogens with zero attached hydrogens (tertiary/aromatic N) is 1. The Balaban J connectivity index is 3.12. The lowest BCUT2D eigenvalue weighted by Crippen LogP contribution is -2.06. The van der Waals surface area contributed by atoms with Crippen molar-refractivity contribution in [1.29, 1.82) is 0 Å². The molecular formula is C10H5F5N2O. The largest absolute Gasteiger partial charge is 0.491 e. The van der Waals surface area contributed by atoms with Gasteiger partial charge in [0.25, 0.3) is 5.95 Å². The van der Waals surface area contributed by atoms with Crippen LogP contribution in [-0.2, 0) is 0 Å². The van der Waals surface area contributed by atoms with E-state index in [1.165, 1.54) is 0 Å². The number of ether oxygens (including phenoxy) is 1. The number of hydrogen-bond donors (Lipinski definition) is 1. The summed E-state index contributed by atoms with van der Waals surface area (Å²) in [5.41, 5.74) is 4.28. The zero-order valence-electron chi connectivity index (χ0n) is 8.82. The SMILES string of the molecule is COc1c(F)c(N)c2c(F)nc(F)c(F)c2c1F. The molecule has 0 unspecified atom stereocenters. The zero-order valence-corrected chi connectivity index (χ0v) is 8.82. The Kier molecular flexibility index (Phi) is 2.72. The van der Waals surface area contributed by atoms with Gasteiger partial charge in [-0.05, 0) is 0 Å². The molecule has 3 nitrogen and oxygen atoms in total. The summed E-state index contributed by atoms with van der Waals surface area (Å²) in [6.07, 6.45) is 0. The average molecular weight is 264 g/mol. The highest BCUT2D eigenvalue weighted by Crippen LogP contribution is 2.37. The molecule has 0 fully saturated rings. The van der Waals surface area contributed by atoms with Gasteiger partial charge in [0.15, 0.2) is 23.2 Å². The van der Waals surface area contributed by atoms with Crippen LogP contribution in [0.4, 0.5) is 27.6 Å². The molecule has 2 aromatic rings. The highest BCUT2D eigenvalue weighted by molar-refractivity contribution is 5.95. The van der Waals surface area contributed by atoms with E-state index in [2.05, 4.69) is 9.72 Å². The van der Waals surface area contributed by atoms with Gasteiger partial charge < -0.3 is 10.5 Å². The zero-order chi connectivity index (χ0) is 13.6. The van der Waals surface area contributed by atoms with Crippen molar-refractivity contribution in [1.82, 2.24) is 4.98 Å². The maximum Gasteiger partial charge on any atom is 0.252 e. The maximum atomic E-state index is 13.7. The van der Waals surface area contributed by atoms with Crippen LogP contribution in [0.3, 0.4) is 0 Å². The monoisotopic (exact) mass is 264 g/mol. The molecule has 0 aliphatic carbocycles. The summed E-state index contributed by atoms with van der Waals surface area (Å²) in [5, 5.41) is -2.11. The summed E-state index contributed by atoms with van der Waals surface area (Å²) in [6, 6.07) is 0. The molecule has 96 valence electrons. The van der Waals surface area contributed by atoms with Gasteiger partial charge in [-0.2, -0.15) is 13.8 Å². The lowest BCUT2D eigenvalue weighted by atomic mass is 10.1. The minimum absolute atomic E-state index is 0.901. The molecule has 0 saturated carbocycles. The first-order chi connectivity index (χ1) is 8.40. The number of rotatable bonds is 1. The van der Waals surface area contributed by atoms with Crippen molar-refractivity contribution in [3.8, 4) is 5.75 Å². The number of methoxy groups -OCH3 is 1. The summed E-state index contributed by atoms with van der Waals surface area (Å²) < 4.78 is 71.1. The number of pyridine rings is 1. The van der Waals surface area contributed by atoms with Crippen molar-refractivity contribution < 1.29 is 26.7 Å². The minimum Gasteiger partial charge on any atom is -0.491 e. The Labute approximate surface area is 97.0 Å². The second kappa shape index (κ2) is 3.97. The normalized spacial score (nSPS) is 11.0. The number of anilines is 1. The van der Waals surface area contributed by atoms with Gasteiger partial charge in [-0.1, -0.05) is 0 Å². The predicted molar refractivity (Wildman–Crippen MR) is 52.5 cm³/mol. The molecule has 1 aromatic carbocycles. The third-order valence-corrected chi connectivity index (χ3v) is 2.38. The first kappa shape index (κ1) is 12.3.